The fourth-order valence-electron chi connectivity index (χ4n) is 6.62. The number of aromatic amines is 1. The molecule has 162 valence electrons. The van der Waals surface area contributed by atoms with Crippen LogP contribution in [0.4, 0.5) is 0 Å². The standard InChI is InChI=1S/C24H32N2O4/c1-13-9-14-12-26-8-7-17-16-6-5-15(28-2)10-19(16)25-22(17)20(26)11-18(14)21(23(13)29-3)24(27)30-4/h5-6,10,13-14,18,20-21,23,25H,7-9,11-12H2,1-4H3/t13?,14-,18+,20-,21+,23+/m1/s1. The maximum absolute atomic E-state index is 12.8. The molecule has 1 unspecified atom stereocenters. The van der Waals surface area contributed by atoms with E-state index in [1.54, 1.807) is 14.2 Å². The number of carbonyl (C=O) groups excluding carboxylic acids is 1. The van der Waals surface area contributed by atoms with E-state index in [0.717, 1.165) is 43.6 Å². The van der Waals surface area contributed by atoms with Crippen molar-refractivity contribution >= 4 is 16.9 Å². The summed E-state index contributed by atoms with van der Waals surface area (Å²) < 4.78 is 16.5. The molecule has 0 bridgehead atoms. The normalized spacial score (nSPS) is 33.5. The van der Waals surface area contributed by atoms with Gasteiger partial charge in [-0.1, -0.05) is 6.92 Å². The van der Waals surface area contributed by atoms with E-state index in [1.807, 2.05) is 6.07 Å². The van der Waals surface area contributed by atoms with E-state index in [9.17, 15) is 4.79 Å². The highest BCUT2D eigenvalue weighted by Crippen LogP contribution is 2.51. The van der Waals surface area contributed by atoms with Gasteiger partial charge in [0.1, 0.15) is 5.75 Å². The zero-order valence-corrected chi connectivity index (χ0v) is 18.3. The third kappa shape index (κ3) is 2.95. The van der Waals surface area contributed by atoms with Crippen molar-refractivity contribution in [3.05, 3.63) is 29.5 Å². The lowest BCUT2D eigenvalue weighted by molar-refractivity contribution is -0.167. The van der Waals surface area contributed by atoms with Crippen LogP contribution in [0.2, 0.25) is 0 Å². The summed E-state index contributed by atoms with van der Waals surface area (Å²) in [6, 6.07) is 6.61. The van der Waals surface area contributed by atoms with Crippen LogP contribution in [0.3, 0.4) is 0 Å². The molecule has 1 N–H and O–H groups in total. The fourth-order valence-corrected chi connectivity index (χ4v) is 6.62. The van der Waals surface area contributed by atoms with E-state index >= 15 is 0 Å². The molecular formula is C24H32N2O4. The maximum atomic E-state index is 12.8. The van der Waals surface area contributed by atoms with Crippen LogP contribution in [0, 0.1) is 23.7 Å². The summed E-state index contributed by atoms with van der Waals surface area (Å²) in [6.45, 7) is 4.33. The highest BCUT2D eigenvalue weighted by Gasteiger charge is 2.52. The first-order chi connectivity index (χ1) is 14.5. The van der Waals surface area contributed by atoms with Crippen molar-refractivity contribution in [2.75, 3.05) is 34.4 Å². The number of nitrogens with zero attached hydrogens (tertiary/aromatic N) is 1. The zero-order valence-electron chi connectivity index (χ0n) is 18.3. The molecular weight excluding hydrogens is 380 g/mol. The first-order valence-electron chi connectivity index (χ1n) is 11.1. The summed E-state index contributed by atoms with van der Waals surface area (Å²) in [5, 5.41) is 1.30. The molecule has 1 aliphatic carbocycles. The average molecular weight is 413 g/mol. The second kappa shape index (κ2) is 7.57. The molecule has 6 nitrogen and oxygen atoms in total. The zero-order chi connectivity index (χ0) is 21.0. The van der Waals surface area contributed by atoms with Crippen molar-refractivity contribution in [2.24, 2.45) is 23.7 Å². The number of aromatic nitrogens is 1. The first-order valence-corrected chi connectivity index (χ1v) is 11.1. The van der Waals surface area contributed by atoms with Crippen molar-refractivity contribution in [3.8, 4) is 5.75 Å². The van der Waals surface area contributed by atoms with Gasteiger partial charge in [-0.2, -0.15) is 0 Å². The highest BCUT2D eigenvalue weighted by molar-refractivity contribution is 5.86. The van der Waals surface area contributed by atoms with E-state index in [0.29, 0.717) is 17.9 Å². The Bertz CT molecular complexity index is 954. The van der Waals surface area contributed by atoms with Gasteiger partial charge in [-0.05, 0) is 54.7 Å². The Morgan fingerprint density at radius 1 is 1.20 bits per heavy atom. The number of benzene rings is 1. The Kier molecular flexibility index (Phi) is 5.02. The summed E-state index contributed by atoms with van der Waals surface area (Å²) >= 11 is 0. The monoisotopic (exact) mass is 412 g/mol. The number of ether oxygens (including phenoxy) is 3. The van der Waals surface area contributed by atoms with Crippen LogP contribution in [-0.4, -0.2) is 56.4 Å². The van der Waals surface area contributed by atoms with E-state index < -0.39 is 0 Å². The molecule has 2 aliphatic heterocycles. The third-order valence-corrected chi connectivity index (χ3v) is 7.94. The second-order valence-corrected chi connectivity index (χ2v) is 9.31. The van der Waals surface area contributed by atoms with Gasteiger partial charge < -0.3 is 19.2 Å². The van der Waals surface area contributed by atoms with Gasteiger partial charge in [0.05, 0.1) is 32.3 Å². The third-order valence-electron chi connectivity index (χ3n) is 7.94. The van der Waals surface area contributed by atoms with Crippen LogP contribution in [0.15, 0.2) is 18.2 Å². The molecule has 3 heterocycles. The highest BCUT2D eigenvalue weighted by atomic mass is 16.5. The van der Waals surface area contributed by atoms with E-state index in [2.05, 4.69) is 28.9 Å². The van der Waals surface area contributed by atoms with Gasteiger partial charge in [-0.25, -0.2) is 0 Å². The summed E-state index contributed by atoms with van der Waals surface area (Å²) in [7, 11) is 4.94. The maximum Gasteiger partial charge on any atom is 0.311 e. The fraction of sp³-hybridized carbons (Fsp3) is 0.625. The Balaban J connectivity index is 1.52. The molecule has 1 saturated heterocycles. The van der Waals surface area contributed by atoms with Crippen LogP contribution >= 0.6 is 0 Å². The minimum atomic E-state index is -0.189. The van der Waals surface area contributed by atoms with Gasteiger partial charge in [0.2, 0.25) is 0 Å². The number of esters is 1. The smallest absolute Gasteiger partial charge is 0.311 e. The van der Waals surface area contributed by atoms with Gasteiger partial charge in [0.15, 0.2) is 0 Å². The van der Waals surface area contributed by atoms with Crippen molar-refractivity contribution in [3.63, 3.8) is 0 Å². The molecule has 3 aliphatic rings. The molecule has 0 spiro atoms. The van der Waals surface area contributed by atoms with Crippen LogP contribution in [0.25, 0.3) is 10.9 Å². The van der Waals surface area contributed by atoms with Crippen molar-refractivity contribution < 1.29 is 19.0 Å². The number of fused-ring (bicyclic) bond motifs is 6. The Morgan fingerprint density at radius 2 is 2.03 bits per heavy atom. The lowest BCUT2D eigenvalue weighted by Crippen LogP contribution is -2.55. The van der Waals surface area contributed by atoms with E-state index in [-0.39, 0.29) is 23.9 Å². The molecule has 6 atom stereocenters. The van der Waals surface area contributed by atoms with Gasteiger partial charge in [0, 0.05) is 42.9 Å². The molecule has 6 heteroatoms. The average Bonchev–Trinajstić information content (AvgIpc) is 3.14. The summed E-state index contributed by atoms with van der Waals surface area (Å²) in [5.74, 6) is 1.72. The van der Waals surface area contributed by atoms with Crippen molar-refractivity contribution in [1.82, 2.24) is 9.88 Å². The molecule has 1 aromatic carbocycles. The lowest BCUT2D eigenvalue weighted by atomic mass is 9.62. The van der Waals surface area contributed by atoms with Gasteiger partial charge >= 0.3 is 5.97 Å². The molecule has 0 amide bonds. The SMILES string of the molecule is COC(=O)[C@H]1[C@H]2C[C@@H]3c4[nH]c5cc(OC)ccc5c4CCN3C[C@H]2CC(C)[C@@H]1OC. The summed E-state index contributed by atoms with van der Waals surface area (Å²) in [6.07, 6.45) is 3.07. The van der Waals surface area contributed by atoms with Crippen LogP contribution in [0.5, 0.6) is 5.75 Å². The topological polar surface area (TPSA) is 63.8 Å². The van der Waals surface area contributed by atoms with Crippen molar-refractivity contribution in [1.29, 1.82) is 0 Å². The predicted octanol–water partition coefficient (Wildman–Crippen LogP) is 3.56. The number of hydrogen-bond acceptors (Lipinski definition) is 5. The van der Waals surface area contributed by atoms with Crippen LogP contribution < -0.4 is 4.74 Å². The number of carbonyl (C=O) groups is 1. The van der Waals surface area contributed by atoms with Crippen LogP contribution in [-0.2, 0) is 20.7 Å². The predicted molar refractivity (Wildman–Crippen MR) is 115 cm³/mol. The molecule has 30 heavy (non-hydrogen) atoms. The van der Waals surface area contributed by atoms with Gasteiger partial charge in [-0.3, -0.25) is 9.69 Å². The van der Waals surface area contributed by atoms with Crippen LogP contribution in [0.1, 0.15) is 37.1 Å². The van der Waals surface area contributed by atoms with E-state index in [4.69, 9.17) is 14.2 Å². The molecule has 2 fully saturated rings. The largest absolute Gasteiger partial charge is 0.497 e. The second-order valence-electron chi connectivity index (χ2n) is 9.31. The number of hydrogen-bond donors (Lipinski definition) is 1. The Hall–Kier alpha value is -2.05. The minimum Gasteiger partial charge on any atom is -0.497 e. The van der Waals surface area contributed by atoms with Gasteiger partial charge in [0.25, 0.3) is 0 Å². The molecule has 5 rings (SSSR count). The number of methoxy groups -OCH3 is 3. The summed E-state index contributed by atoms with van der Waals surface area (Å²) in [4.78, 5) is 19.2. The Labute approximate surface area is 177 Å². The molecule has 1 saturated carbocycles. The number of H-pyrrole nitrogens is 1. The molecule has 0 radical (unpaired) electrons. The number of piperidine rings is 1. The lowest BCUT2D eigenvalue weighted by Gasteiger charge is -2.53. The number of nitrogens with one attached hydrogen (secondary N) is 1. The van der Waals surface area contributed by atoms with E-state index in [1.165, 1.54) is 23.8 Å². The Morgan fingerprint density at radius 3 is 2.77 bits per heavy atom. The van der Waals surface area contributed by atoms with Crippen molar-refractivity contribution in [2.45, 2.75) is 38.3 Å². The number of rotatable bonds is 3. The quantitative estimate of drug-likeness (QED) is 0.781. The minimum absolute atomic E-state index is 0.0692. The molecule has 2 aromatic rings. The van der Waals surface area contributed by atoms with Gasteiger partial charge in [-0.15, -0.1) is 0 Å². The summed E-state index contributed by atoms with van der Waals surface area (Å²) in [5.41, 5.74) is 3.88. The molecule has 1 aromatic heterocycles. The first kappa shape index (κ1) is 19.9.